The second-order valence-electron chi connectivity index (χ2n) is 6.03. The molecule has 1 unspecified atom stereocenters. The average molecular weight is 275 g/mol. The van der Waals surface area contributed by atoms with Crippen molar-refractivity contribution in [2.24, 2.45) is 5.92 Å². The summed E-state index contributed by atoms with van der Waals surface area (Å²) in [7, 11) is 0. The van der Waals surface area contributed by atoms with Gasteiger partial charge in [0.15, 0.2) is 0 Å². The molecule has 1 aromatic heterocycles. The molecule has 1 atom stereocenters. The Balaban J connectivity index is 1.56. The molecule has 20 heavy (non-hydrogen) atoms. The number of aryl methyl sites for hydroxylation is 1. The van der Waals surface area contributed by atoms with Gasteiger partial charge in [-0.2, -0.15) is 0 Å². The summed E-state index contributed by atoms with van der Waals surface area (Å²) < 4.78 is 5.49. The van der Waals surface area contributed by atoms with E-state index >= 15 is 0 Å². The van der Waals surface area contributed by atoms with Gasteiger partial charge in [-0.25, -0.2) is 0 Å². The van der Waals surface area contributed by atoms with E-state index in [0.29, 0.717) is 0 Å². The summed E-state index contributed by atoms with van der Waals surface area (Å²) in [6.07, 6.45) is 4.40. The molecule has 2 fully saturated rings. The Labute approximate surface area is 121 Å². The lowest BCUT2D eigenvalue weighted by atomic mass is 10.1. The van der Waals surface area contributed by atoms with Crippen molar-refractivity contribution in [3.05, 3.63) is 24.0 Å². The first kappa shape index (κ1) is 13.8. The summed E-state index contributed by atoms with van der Waals surface area (Å²) in [6, 6.07) is 4.33. The van der Waals surface area contributed by atoms with Gasteiger partial charge in [-0.1, -0.05) is 0 Å². The van der Waals surface area contributed by atoms with E-state index in [4.69, 9.17) is 4.74 Å². The molecule has 1 aromatic rings. The average Bonchev–Trinajstić information content (AvgIpc) is 2.84. The van der Waals surface area contributed by atoms with Gasteiger partial charge in [0.1, 0.15) is 0 Å². The summed E-state index contributed by atoms with van der Waals surface area (Å²) >= 11 is 0. The maximum Gasteiger partial charge on any atom is 0.0507 e. The minimum absolute atomic E-state index is 0.754. The molecule has 2 saturated heterocycles. The third-order valence-corrected chi connectivity index (χ3v) is 4.37. The first-order valence-electron chi connectivity index (χ1n) is 7.79. The predicted octanol–water partition coefficient (Wildman–Crippen LogP) is 1.94. The SMILES string of the molecule is Cc1cc(N2CCCN(CC3CCOC3)CC2)ccn1. The van der Waals surface area contributed by atoms with Crippen molar-refractivity contribution < 1.29 is 4.74 Å². The molecule has 0 radical (unpaired) electrons. The molecule has 2 aliphatic rings. The highest BCUT2D eigenvalue weighted by Gasteiger charge is 2.21. The minimum Gasteiger partial charge on any atom is -0.381 e. The molecule has 0 amide bonds. The Kier molecular flexibility index (Phi) is 4.53. The minimum atomic E-state index is 0.754. The summed E-state index contributed by atoms with van der Waals surface area (Å²) in [5.41, 5.74) is 2.43. The van der Waals surface area contributed by atoms with Crippen molar-refractivity contribution in [3.63, 3.8) is 0 Å². The third kappa shape index (κ3) is 3.49. The lowest BCUT2D eigenvalue weighted by molar-refractivity contribution is 0.169. The molecule has 4 nitrogen and oxygen atoms in total. The molecule has 110 valence electrons. The maximum atomic E-state index is 5.49. The lowest BCUT2D eigenvalue weighted by Gasteiger charge is -2.25. The van der Waals surface area contributed by atoms with Crippen molar-refractivity contribution in [2.75, 3.05) is 50.8 Å². The fourth-order valence-corrected chi connectivity index (χ4v) is 3.23. The second kappa shape index (κ2) is 6.55. The van der Waals surface area contributed by atoms with Crippen LogP contribution in [0.5, 0.6) is 0 Å². The van der Waals surface area contributed by atoms with Crippen LogP contribution in [-0.4, -0.2) is 55.8 Å². The van der Waals surface area contributed by atoms with Crippen LogP contribution in [0.1, 0.15) is 18.5 Å². The van der Waals surface area contributed by atoms with Gasteiger partial charge in [0.25, 0.3) is 0 Å². The van der Waals surface area contributed by atoms with Gasteiger partial charge in [0, 0.05) is 50.4 Å². The third-order valence-electron chi connectivity index (χ3n) is 4.37. The topological polar surface area (TPSA) is 28.6 Å². The van der Waals surface area contributed by atoms with E-state index in [1.54, 1.807) is 0 Å². The van der Waals surface area contributed by atoms with Crippen LogP contribution >= 0.6 is 0 Å². The van der Waals surface area contributed by atoms with Crippen molar-refractivity contribution in [3.8, 4) is 0 Å². The Morgan fingerprint density at radius 3 is 3.05 bits per heavy atom. The molecule has 0 spiro atoms. The second-order valence-corrected chi connectivity index (χ2v) is 6.03. The number of pyridine rings is 1. The van der Waals surface area contributed by atoms with Crippen LogP contribution in [0.15, 0.2) is 18.3 Å². The number of ether oxygens (including phenoxy) is 1. The molecule has 2 aliphatic heterocycles. The Hall–Kier alpha value is -1.13. The molecule has 0 aliphatic carbocycles. The summed E-state index contributed by atoms with van der Waals surface area (Å²) in [5, 5.41) is 0. The Bertz CT molecular complexity index is 431. The first-order chi connectivity index (χ1) is 9.81. The molecule has 3 rings (SSSR count). The van der Waals surface area contributed by atoms with E-state index in [0.717, 1.165) is 44.5 Å². The zero-order valence-electron chi connectivity index (χ0n) is 12.4. The van der Waals surface area contributed by atoms with Crippen LogP contribution < -0.4 is 4.90 Å². The zero-order chi connectivity index (χ0) is 13.8. The van der Waals surface area contributed by atoms with E-state index in [2.05, 4.69) is 33.8 Å². The van der Waals surface area contributed by atoms with E-state index in [-0.39, 0.29) is 0 Å². The molecular weight excluding hydrogens is 250 g/mol. The Morgan fingerprint density at radius 2 is 2.25 bits per heavy atom. The van der Waals surface area contributed by atoms with Gasteiger partial charge in [0.05, 0.1) is 6.61 Å². The van der Waals surface area contributed by atoms with Crippen LogP contribution in [0.3, 0.4) is 0 Å². The molecule has 0 aromatic carbocycles. The smallest absolute Gasteiger partial charge is 0.0507 e. The number of aromatic nitrogens is 1. The summed E-state index contributed by atoms with van der Waals surface area (Å²) in [6.45, 7) is 9.86. The molecule has 0 saturated carbocycles. The van der Waals surface area contributed by atoms with E-state index < -0.39 is 0 Å². The zero-order valence-corrected chi connectivity index (χ0v) is 12.4. The number of anilines is 1. The highest BCUT2D eigenvalue weighted by atomic mass is 16.5. The fourth-order valence-electron chi connectivity index (χ4n) is 3.23. The quantitative estimate of drug-likeness (QED) is 0.843. The summed E-state index contributed by atoms with van der Waals surface area (Å²) in [5.74, 6) is 0.754. The van der Waals surface area contributed by atoms with Gasteiger partial charge in [-0.05, 0) is 44.4 Å². The van der Waals surface area contributed by atoms with Crippen LogP contribution in [0.2, 0.25) is 0 Å². The van der Waals surface area contributed by atoms with Gasteiger partial charge in [0.2, 0.25) is 0 Å². The lowest BCUT2D eigenvalue weighted by Crippen LogP contribution is -2.34. The number of hydrogen-bond acceptors (Lipinski definition) is 4. The number of hydrogen-bond donors (Lipinski definition) is 0. The van der Waals surface area contributed by atoms with Crippen molar-refractivity contribution in [1.29, 1.82) is 0 Å². The van der Waals surface area contributed by atoms with E-state index in [9.17, 15) is 0 Å². The van der Waals surface area contributed by atoms with Crippen LogP contribution in [0, 0.1) is 12.8 Å². The molecular formula is C16H25N3O. The molecule has 3 heterocycles. The summed E-state index contributed by atoms with van der Waals surface area (Å²) in [4.78, 5) is 9.41. The molecule has 4 heteroatoms. The van der Waals surface area contributed by atoms with Crippen LogP contribution in [-0.2, 0) is 4.74 Å². The van der Waals surface area contributed by atoms with Crippen LogP contribution in [0.25, 0.3) is 0 Å². The van der Waals surface area contributed by atoms with Crippen molar-refractivity contribution >= 4 is 5.69 Å². The van der Waals surface area contributed by atoms with Gasteiger partial charge in [-0.15, -0.1) is 0 Å². The molecule has 0 N–H and O–H groups in total. The Morgan fingerprint density at radius 1 is 1.30 bits per heavy atom. The standard InChI is InChI=1S/C16H25N3O/c1-14-11-16(3-5-17-14)19-7-2-6-18(8-9-19)12-15-4-10-20-13-15/h3,5,11,15H,2,4,6-10,12-13H2,1H3. The monoisotopic (exact) mass is 275 g/mol. The van der Waals surface area contributed by atoms with Gasteiger partial charge < -0.3 is 14.5 Å². The first-order valence-corrected chi connectivity index (χ1v) is 7.79. The van der Waals surface area contributed by atoms with Gasteiger partial charge in [-0.3, -0.25) is 4.98 Å². The van der Waals surface area contributed by atoms with E-state index in [1.165, 1.54) is 31.6 Å². The van der Waals surface area contributed by atoms with Crippen LogP contribution in [0.4, 0.5) is 5.69 Å². The predicted molar refractivity (Wildman–Crippen MR) is 81.2 cm³/mol. The normalized spacial score (nSPS) is 24.9. The maximum absolute atomic E-state index is 5.49. The number of rotatable bonds is 3. The fraction of sp³-hybridized carbons (Fsp3) is 0.688. The highest BCUT2D eigenvalue weighted by Crippen LogP contribution is 2.19. The van der Waals surface area contributed by atoms with E-state index in [1.807, 2.05) is 6.20 Å². The van der Waals surface area contributed by atoms with Gasteiger partial charge >= 0.3 is 0 Å². The highest BCUT2D eigenvalue weighted by molar-refractivity contribution is 5.46. The number of nitrogens with zero attached hydrogens (tertiary/aromatic N) is 3. The largest absolute Gasteiger partial charge is 0.381 e. The molecule has 0 bridgehead atoms. The van der Waals surface area contributed by atoms with Crippen molar-refractivity contribution in [2.45, 2.75) is 19.8 Å². The van der Waals surface area contributed by atoms with Crippen molar-refractivity contribution in [1.82, 2.24) is 9.88 Å².